The zero-order valence-corrected chi connectivity index (χ0v) is 16.6. The molecule has 1 aromatic heterocycles. The smallest absolute Gasteiger partial charge is 0.194 e. The number of aliphatic imine (C=N–C) groups is 1. The van der Waals surface area contributed by atoms with E-state index >= 15 is 0 Å². The number of guanidine groups is 1. The van der Waals surface area contributed by atoms with Crippen molar-refractivity contribution in [1.29, 1.82) is 0 Å². The molecule has 1 aliphatic heterocycles. The first kappa shape index (κ1) is 20.2. The number of nitrogens with zero attached hydrogens (tertiary/aromatic N) is 3. The molecule has 0 aromatic carbocycles. The number of morpholine rings is 1. The van der Waals surface area contributed by atoms with Crippen LogP contribution in [0.1, 0.15) is 23.9 Å². The van der Waals surface area contributed by atoms with E-state index in [1.807, 2.05) is 13.8 Å². The first-order valence-corrected chi connectivity index (χ1v) is 7.71. The summed E-state index contributed by atoms with van der Waals surface area (Å²) in [6, 6.07) is 0. The van der Waals surface area contributed by atoms with Crippen LogP contribution in [-0.2, 0) is 16.0 Å². The van der Waals surface area contributed by atoms with Crippen molar-refractivity contribution in [1.82, 2.24) is 15.4 Å². The van der Waals surface area contributed by atoms with Gasteiger partial charge in [0.2, 0.25) is 0 Å². The van der Waals surface area contributed by atoms with Gasteiger partial charge in [-0.15, -0.1) is 24.0 Å². The van der Waals surface area contributed by atoms with Crippen LogP contribution in [0.5, 0.6) is 0 Å². The van der Waals surface area contributed by atoms with Gasteiger partial charge in [0.25, 0.3) is 0 Å². The largest absolute Gasteiger partial charge is 0.382 e. The second-order valence-electron chi connectivity index (χ2n) is 5.37. The Bertz CT molecular complexity index is 485. The third-order valence-corrected chi connectivity index (χ3v) is 3.69. The van der Waals surface area contributed by atoms with Gasteiger partial charge in [-0.25, -0.2) is 4.99 Å². The molecule has 2 rings (SSSR count). The predicted molar refractivity (Wildman–Crippen MR) is 99.4 cm³/mol. The lowest BCUT2D eigenvalue weighted by atomic mass is 10.2. The fourth-order valence-electron chi connectivity index (χ4n) is 2.51. The summed E-state index contributed by atoms with van der Waals surface area (Å²) in [6.07, 6.45) is 0.0849. The zero-order valence-electron chi connectivity index (χ0n) is 14.3. The minimum absolute atomic E-state index is 0. The van der Waals surface area contributed by atoms with Gasteiger partial charge < -0.3 is 24.2 Å². The van der Waals surface area contributed by atoms with Gasteiger partial charge in [-0.1, -0.05) is 5.16 Å². The van der Waals surface area contributed by atoms with E-state index in [0.29, 0.717) is 19.8 Å². The Hall–Kier alpha value is -0.870. The maximum absolute atomic E-state index is 5.69. The van der Waals surface area contributed by atoms with Crippen LogP contribution in [0, 0.1) is 13.8 Å². The van der Waals surface area contributed by atoms with Crippen molar-refractivity contribution in [3.63, 3.8) is 0 Å². The van der Waals surface area contributed by atoms with E-state index in [9.17, 15) is 0 Å². The predicted octanol–water partition coefficient (Wildman–Crippen LogP) is 1.72. The van der Waals surface area contributed by atoms with Gasteiger partial charge in [-0.2, -0.15) is 0 Å². The van der Waals surface area contributed by atoms with E-state index in [1.54, 1.807) is 7.11 Å². The summed E-state index contributed by atoms with van der Waals surface area (Å²) in [5.74, 6) is 1.73. The second kappa shape index (κ2) is 10.1. The van der Waals surface area contributed by atoms with E-state index in [2.05, 4.69) is 22.3 Å². The summed E-state index contributed by atoms with van der Waals surface area (Å²) in [5.41, 5.74) is 1.95. The standard InChI is InChI=1S/C15H26N4O3.HI/c1-5-16-15(17-8-14-11(2)18-22-12(14)3)19-6-7-21-13(9-19)10-20-4;/h13H,5-10H2,1-4H3,(H,16,17);1H. The summed E-state index contributed by atoms with van der Waals surface area (Å²) in [7, 11) is 1.69. The van der Waals surface area contributed by atoms with Crippen molar-refractivity contribution in [3.8, 4) is 0 Å². The number of nitrogens with one attached hydrogen (secondary N) is 1. The molecule has 0 aliphatic carbocycles. The molecule has 2 heterocycles. The van der Waals surface area contributed by atoms with Crippen LogP contribution in [-0.4, -0.2) is 62.1 Å². The van der Waals surface area contributed by atoms with Crippen LogP contribution in [0.3, 0.4) is 0 Å². The minimum Gasteiger partial charge on any atom is -0.382 e. The maximum Gasteiger partial charge on any atom is 0.194 e. The van der Waals surface area contributed by atoms with Gasteiger partial charge in [-0.3, -0.25) is 0 Å². The van der Waals surface area contributed by atoms with E-state index in [0.717, 1.165) is 42.6 Å². The van der Waals surface area contributed by atoms with Gasteiger partial charge in [0.1, 0.15) is 5.76 Å². The molecular weight excluding hydrogens is 411 g/mol. The monoisotopic (exact) mass is 438 g/mol. The van der Waals surface area contributed by atoms with Gasteiger partial charge in [0, 0.05) is 32.3 Å². The lowest BCUT2D eigenvalue weighted by Crippen LogP contribution is -2.51. The van der Waals surface area contributed by atoms with Crippen molar-refractivity contribution in [2.75, 3.05) is 40.0 Å². The highest BCUT2D eigenvalue weighted by Gasteiger charge is 2.23. The molecule has 0 radical (unpaired) electrons. The van der Waals surface area contributed by atoms with Gasteiger partial charge in [-0.05, 0) is 20.8 Å². The third-order valence-electron chi connectivity index (χ3n) is 3.69. The molecular formula is C15H27IN4O3. The number of hydrogen-bond acceptors (Lipinski definition) is 5. The molecule has 0 bridgehead atoms. The highest BCUT2D eigenvalue weighted by molar-refractivity contribution is 14.0. The average molecular weight is 438 g/mol. The van der Waals surface area contributed by atoms with Crippen molar-refractivity contribution >= 4 is 29.9 Å². The fourth-order valence-corrected chi connectivity index (χ4v) is 2.51. The molecule has 1 atom stereocenters. The first-order valence-electron chi connectivity index (χ1n) is 7.71. The Morgan fingerprint density at radius 2 is 2.26 bits per heavy atom. The summed E-state index contributed by atoms with van der Waals surface area (Å²) in [5, 5.41) is 7.32. The maximum atomic E-state index is 5.69. The van der Waals surface area contributed by atoms with Crippen LogP contribution in [0.2, 0.25) is 0 Å². The van der Waals surface area contributed by atoms with Gasteiger partial charge in [0.15, 0.2) is 5.96 Å². The van der Waals surface area contributed by atoms with Crippen molar-refractivity contribution < 1.29 is 14.0 Å². The van der Waals surface area contributed by atoms with E-state index < -0.39 is 0 Å². The Morgan fingerprint density at radius 1 is 1.48 bits per heavy atom. The minimum atomic E-state index is 0. The van der Waals surface area contributed by atoms with Gasteiger partial charge in [0.05, 0.1) is 31.6 Å². The average Bonchev–Trinajstić information content (AvgIpc) is 2.83. The topological polar surface area (TPSA) is 72.1 Å². The third kappa shape index (κ3) is 5.61. The molecule has 0 amide bonds. The lowest BCUT2D eigenvalue weighted by molar-refractivity contribution is -0.0447. The highest BCUT2D eigenvalue weighted by atomic mass is 127. The molecule has 23 heavy (non-hydrogen) atoms. The molecule has 1 fully saturated rings. The summed E-state index contributed by atoms with van der Waals surface area (Å²) in [6.45, 7) is 10.2. The molecule has 7 nitrogen and oxygen atoms in total. The van der Waals surface area contributed by atoms with Crippen molar-refractivity contribution in [2.24, 2.45) is 4.99 Å². The Labute approximate surface area is 154 Å². The first-order chi connectivity index (χ1) is 10.7. The second-order valence-corrected chi connectivity index (χ2v) is 5.37. The van der Waals surface area contributed by atoms with Crippen molar-refractivity contribution in [3.05, 3.63) is 17.0 Å². The molecule has 0 spiro atoms. The van der Waals surface area contributed by atoms with Crippen LogP contribution >= 0.6 is 24.0 Å². The number of aryl methyl sites for hydroxylation is 2. The SMILES string of the molecule is CCNC(=NCc1c(C)noc1C)N1CCOC(COC)C1.I. The lowest BCUT2D eigenvalue weighted by Gasteiger charge is -2.34. The van der Waals surface area contributed by atoms with E-state index in [1.165, 1.54) is 0 Å². The summed E-state index contributed by atoms with van der Waals surface area (Å²) in [4.78, 5) is 6.95. The molecule has 8 heteroatoms. The number of rotatable bonds is 5. The Kier molecular flexibility index (Phi) is 8.85. The van der Waals surface area contributed by atoms with Crippen LogP contribution in [0.25, 0.3) is 0 Å². The summed E-state index contributed by atoms with van der Waals surface area (Å²) < 4.78 is 16.1. The molecule has 1 aromatic rings. The molecule has 1 N–H and O–H groups in total. The summed E-state index contributed by atoms with van der Waals surface area (Å²) >= 11 is 0. The fraction of sp³-hybridized carbons (Fsp3) is 0.733. The number of hydrogen-bond donors (Lipinski definition) is 1. The number of ether oxygens (including phenoxy) is 2. The number of aromatic nitrogens is 1. The van der Waals surface area contributed by atoms with Crippen LogP contribution < -0.4 is 5.32 Å². The number of methoxy groups -OCH3 is 1. The molecule has 132 valence electrons. The highest BCUT2D eigenvalue weighted by Crippen LogP contribution is 2.14. The zero-order chi connectivity index (χ0) is 15.9. The van der Waals surface area contributed by atoms with Crippen LogP contribution in [0.15, 0.2) is 9.52 Å². The number of halogens is 1. The van der Waals surface area contributed by atoms with Crippen LogP contribution in [0.4, 0.5) is 0 Å². The normalized spacial score (nSPS) is 18.7. The molecule has 0 saturated carbocycles. The molecule has 1 saturated heterocycles. The van der Waals surface area contributed by atoms with Gasteiger partial charge >= 0.3 is 0 Å². The van der Waals surface area contributed by atoms with Crippen molar-refractivity contribution in [2.45, 2.75) is 33.4 Å². The quantitative estimate of drug-likeness (QED) is 0.429. The molecule has 1 aliphatic rings. The van der Waals surface area contributed by atoms with E-state index in [-0.39, 0.29) is 30.1 Å². The Balaban J connectivity index is 0.00000264. The Morgan fingerprint density at radius 3 is 2.87 bits per heavy atom. The van der Waals surface area contributed by atoms with E-state index in [4.69, 9.17) is 19.0 Å². The molecule has 1 unspecified atom stereocenters.